The smallest absolute Gasteiger partial charge is 0.160 e. The molecule has 13 rings (SSSR count). The Morgan fingerprint density at radius 2 is 0.794 bits per heavy atom. The molecule has 292 valence electrons. The molecule has 13 aromatic rings. The molecule has 4 heterocycles. The highest BCUT2D eigenvalue weighted by Crippen LogP contribution is 2.40. The second-order valence-corrected chi connectivity index (χ2v) is 16.4. The summed E-state index contributed by atoms with van der Waals surface area (Å²) in [6.45, 7) is 0. The number of fused-ring (bicyclic) bond motifs is 11. The van der Waals surface area contributed by atoms with Gasteiger partial charge in [0.1, 0.15) is 0 Å². The van der Waals surface area contributed by atoms with E-state index in [0.717, 1.165) is 72.4 Å². The molecule has 0 aliphatic rings. The summed E-state index contributed by atoms with van der Waals surface area (Å²) in [5, 5.41) is 11.9. The van der Waals surface area contributed by atoms with Gasteiger partial charge in [-0.2, -0.15) is 0 Å². The molecule has 0 bridgehead atoms. The van der Waals surface area contributed by atoms with Gasteiger partial charge in [-0.25, -0.2) is 15.0 Å². The maximum Gasteiger partial charge on any atom is 0.160 e. The number of pyridine rings is 2. The number of rotatable bonds is 5. The summed E-state index contributed by atoms with van der Waals surface area (Å²) < 4.78 is 2.25. The molecule has 4 aromatic heterocycles. The Labute approximate surface area is 363 Å². The summed E-state index contributed by atoms with van der Waals surface area (Å²) in [5.74, 6) is 0.685. The van der Waals surface area contributed by atoms with Gasteiger partial charge in [0.05, 0.1) is 28.1 Å². The number of aromatic nitrogens is 4. The highest BCUT2D eigenvalue weighted by atomic mass is 14.9. The van der Waals surface area contributed by atoms with Gasteiger partial charge in [0.25, 0.3) is 0 Å². The minimum atomic E-state index is 0.685. The Morgan fingerprint density at radius 1 is 0.317 bits per heavy atom. The van der Waals surface area contributed by atoms with E-state index in [0.29, 0.717) is 5.82 Å². The van der Waals surface area contributed by atoms with Gasteiger partial charge < -0.3 is 4.40 Å². The van der Waals surface area contributed by atoms with Crippen molar-refractivity contribution in [1.82, 2.24) is 19.4 Å². The molecule has 0 atom stereocenters. The molecule has 63 heavy (non-hydrogen) atoms. The zero-order valence-corrected chi connectivity index (χ0v) is 34.1. The average Bonchev–Trinajstić information content (AvgIpc) is 3.76. The lowest BCUT2D eigenvalue weighted by Gasteiger charge is -2.15. The summed E-state index contributed by atoms with van der Waals surface area (Å²) in [7, 11) is 0. The number of hydrogen-bond donors (Lipinski definition) is 0. The van der Waals surface area contributed by atoms with E-state index in [1.54, 1.807) is 0 Å². The van der Waals surface area contributed by atoms with Gasteiger partial charge in [0, 0.05) is 44.7 Å². The molecule has 0 aliphatic heterocycles. The molecular formula is C59H36N4. The van der Waals surface area contributed by atoms with Crippen LogP contribution in [-0.2, 0) is 0 Å². The number of hydrogen-bond acceptors (Lipinski definition) is 3. The molecule has 0 fully saturated rings. The van der Waals surface area contributed by atoms with Crippen LogP contribution in [0.3, 0.4) is 0 Å². The normalized spacial score (nSPS) is 11.8. The Hall–Kier alpha value is -8.47. The molecule has 0 N–H and O–H groups in total. The van der Waals surface area contributed by atoms with E-state index in [9.17, 15) is 0 Å². The van der Waals surface area contributed by atoms with E-state index >= 15 is 0 Å². The highest BCUT2D eigenvalue weighted by Gasteiger charge is 2.18. The lowest BCUT2D eigenvalue weighted by Crippen LogP contribution is -1.97. The summed E-state index contributed by atoms with van der Waals surface area (Å²) >= 11 is 0. The van der Waals surface area contributed by atoms with Crippen LogP contribution in [-0.4, -0.2) is 19.4 Å². The van der Waals surface area contributed by atoms with Crippen LogP contribution in [0.25, 0.3) is 127 Å². The molecular weight excluding hydrogens is 765 g/mol. The van der Waals surface area contributed by atoms with Crippen molar-refractivity contribution in [2.24, 2.45) is 0 Å². The first-order valence-corrected chi connectivity index (χ1v) is 21.4. The summed E-state index contributed by atoms with van der Waals surface area (Å²) in [5.41, 5.74) is 12.5. The van der Waals surface area contributed by atoms with Gasteiger partial charge in [0.2, 0.25) is 0 Å². The van der Waals surface area contributed by atoms with Crippen molar-refractivity contribution in [2.75, 3.05) is 0 Å². The Morgan fingerprint density at radius 3 is 1.40 bits per heavy atom. The second kappa shape index (κ2) is 14.1. The van der Waals surface area contributed by atoms with Gasteiger partial charge in [-0.05, 0) is 96.7 Å². The topological polar surface area (TPSA) is 43.1 Å². The molecule has 4 heteroatoms. The van der Waals surface area contributed by atoms with Crippen LogP contribution >= 0.6 is 0 Å². The summed E-state index contributed by atoms with van der Waals surface area (Å²) in [4.78, 5) is 16.0. The number of nitrogens with zero attached hydrogens (tertiary/aromatic N) is 4. The molecule has 0 unspecified atom stereocenters. The quantitative estimate of drug-likeness (QED) is 0.163. The van der Waals surface area contributed by atoms with Crippen molar-refractivity contribution < 1.29 is 0 Å². The van der Waals surface area contributed by atoms with E-state index < -0.39 is 0 Å². The minimum Gasteiger partial charge on any atom is -0.315 e. The first-order valence-electron chi connectivity index (χ1n) is 21.4. The van der Waals surface area contributed by atoms with Crippen LogP contribution < -0.4 is 0 Å². The van der Waals surface area contributed by atoms with E-state index in [-0.39, 0.29) is 0 Å². The summed E-state index contributed by atoms with van der Waals surface area (Å²) in [6, 6.07) is 75.8. The minimum absolute atomic E-state index is 0.685. The Bertz CT molecular complexity index is 3820. The van der Waals surface area contributed by atoms with Crippen LogP contribution in [0.1, 0.15) is 0 Å². The lowest BCUT2D eigenvalue weighted by atomic mass is 9.93. The first kappa shape index (κ1) is 35.3. The molecule has 9 aromatic carbocycles. The zero-order chi connectivity index (χ0) is 41.4. The average molecular weight is 801 g/mol. The highest BCUT2D eigenvalue weighted by molar-refractivity contribution is 6.16. The van der Waals surface area contributed by atoms with Crippen molar-refractivity contribution >= 4 is 70.4 Å². The van der Waals surface area contributed by atoms with Gasteiger partial charge in [-0.1, -0.05) is 170 Å². The molecule has 0 spiro atoms. The monoisotopic (exact) mass is 800 g/mol. The lowest BCUT2D eigenvalue weighted by molar-refractivity contribution is 1.19. The molecule has 4 nitrogen and oxygen atoms in total. The Balaban J connectivity index is 0.942. The molecule has 0 aliphatic carbocycles. The van der Waals surface area contributed by atoms with E-state index in [4.69, 9.17) is 15.0 Å². The molecule has 0 amide bonds. The van der Waals surface area contributed by atoms with Gasteiger partial charge >= 0.3 is 0 Å². The van der Waals surface area contributed by atoms with Crippen molar-refractivity contribution in [1.29, 1.82) is 0 Å². The second-order valence-electron chi connectivity index (χ2n) is 16.4. The SMILES string of the molecule is c1ccc2c(c1)cc(-c1cc(-c3cc4ccccc4c4ccccc34)nc(-c3ccc(-c4ccc(-c5nc6ccccc6c6cc7ccccn7c56)cc4)cc3)n1)c1ccccc12. The van der Waals surface area contributed by atoms with Gasteiger partial charge in [-0.3, -0.25) is 0 Å². The maximum atomic E-state index is 5.39. The Kier molecular flexibility index (Phi) is 7.87. The van der Waals surface area contributed by atoms with E-state index in [2.05, 4.69) is 223 Å². The van der Waals surface area contributed by atoms with Crippen molar-refractivity contribution in [2.45, 2.75) is 0 Å². The maximum absolute atomic E-state index is 5.39. The molecule has 0 saturated carbocycles. The van der Waals surface area contributed by atoms with Crippen LogP contribution in [0.4, 0.5) is 0 Å². The van der Waals surface area contributed by atoms with Crippen LogP contribution in [0, 0.1) is 0 Å². The standard InChI is InChI=1S/C59H36N4/c1-3-16-44-41(13-1)33-51(48-20-7-5-18-46(44)48)55-36-56(52-34-42-14-2-4-17-45(42)47-19-6-8-21-49(47)52)62-59(61-55)40-30-26-38(27-31-40)37-24-28-39(29-25-37)57-58-53(35-43-15-11-12-32-63(43)58)50-22-9-10-23-54(50)60-57/h1-36H. The third kappa shape index (κ3) is 5.73. The third-order valence-electron chi connectivity index (χ3n) is 12.8. The predicted octanol–water partition coefficient (Wildman–Crippen LogP) is 15.4. The number of benzene rings is 9. The third-order valence-corrected chi connectivity index (χ3v) is 12.8. The fourth-order valence-corrected chi connectivity index (χ4v) is 9.76. The molecule has 0 saturated heterocycles. The largest absolute Gasteiger partial charge is 0.315 e. The first-order chi connectivity index (χ1) is 31.2. The van der Waals surface area contributed by atoms with Crippen molar-refractivity contribution in [3.63, 3.8) is 0 Å². The van der Waals surface area contributed by atoms with E-state index in [1.165, 1.54) is 48.5 Å². The summed E-state index contributed by atoms with van der Waals surface area (Å²) in [6.07, 6.45) is 2.13. The van der Waals surface area contributed by atoms with Crippen LogP contribution in [0.15, 0.2) is 219 Å². The van der Waals surface area contributed by atoms with Crippen molar-refractivity contribution in [3.05, 3.63) is 219 Å². The van der Waals surface area contributed by atoms with Crippen molar-refractivity contribution in [3.8, 4) is 56.3 Å². The van der Waals surface area contributed by atoms with Crippen LogP contribution in [0.2, 0.25) is 0 Å². The zero-order valence-electron chi connectivity index (χ0n) is 34.1. The fourth-order valence-electron chi connectivity index (χ4n) is 9.76. The fraction of sp³-hybridized carbons (Fsp3) is 0. The number of para-hydroxylation sites is 1. The molecule has 0 radical (unpaired) electrons. The predicted molar refractivity (Wildman–Crippen MR) is 263 cm³/mol. The van der Waals surface area contributed by atoms with Crippen LogP contribution in [0.5, 0.6) is 0 Å². The van der Waals surface area contributed by atoms with Gasteiger partial charge in [0.15, 0.2) is 5.82 Å². The van der Waals surface area contributed by atoms with E-state index in [1.807, 2.05) is 0 Å². The van der Waals surface area contributed by atoms with Gasteiger partial charge in [-0.15, -0.1) is 0 Å².